The summed E-state index contributed by atoms with van der Waals surface area (Å²) in [4.78, 5) is 12.7. The molecule has 6 nitrogen and oxygen atoms in total. The van der Waals surface area contributed by atoms with Crippen molar-refractivity contribution in [2.45, 2.75) is 27.1 Å². The van der Waals surface area contributed by atoms with Crippen molar-refractivity contribution in [2.24, 2.45) is 0 Å². The molecule has 6 heteroatoms. The van der Waals surface area contributed by atoms with E-state index < -0.39 is 0 Å². The average Bonchev–Trinajstić information content (AvgIpc) is 3.27. The third kappa shape index (κ3) is 3.79. The first-order valence-corrected chi connectivity index (χ1v) is 9.53. The van der Waals surface area contributed by atoms with Crippen LogP contribution in [0.3, 0.4) is 0 Å². The van der Waals surface area contributed by atoms with Crippen molar-refractivity contribution in [1.29, 1.82) is 0 Å². The van der Waals surface area contributed by atoms with Gasteiger partial charge in [0.25, 0.3) is 5.91 Å². The van der Waals surface area contributed by atoms with Crippen molar-refractivity contribution >= 4 is 22.5 Å². The Morgan fingerprint density at radius 2 is 1.93 bits per heavy atom. The van der Waals surface area contributed by atoms with Gasteiger partial charge >= 0.3 is 0 Å². The number of carbonyl (C=O) groups is 1. The number of carbonyl (C=O) groups excluding carboxylic acids is 1. The van der Waals surface area contributed by atoms with Crippen LogP contribution in [-0.4, -0.2) is 27.4 Å². The van der Waals surface area contributed by atoms with E-state index in [1.165, 1.54) is 16.8 Å². The largest absolute Gasteiger partial charge is 0.362 e. The first-order valence-electron chi connectivity index (χ1n) is 9.53. The van der Waals surface area contributed by atoms with Gasteiger partial charge in [0.1, 0.15) is 6.73 Å². The highest BCUT2D eigenvalue weighted by Gasteiger charge is 2.15. The monoisotopic (exact) mass is 388 g/mol. The molecule has 1 amide bonds. The minimum absolute atomic E-state index is 0.156. The quantitative estimate of drug-likeness (QED) is 0.534. The summed E-state index contributed by atoms with van der Waals surface area (Å²) in [5.74, 6) is -0.156. The minimum atomic E-state index is -0.156. The molecule has 0 bridgehead atoms. The Morgan fingerprint density at radius 3 is 2.69 bits per heavy atom. The van der Waals surface area contributed by atoms with E-state index >= 15 is 0 Å². The lowest BCUT2D eigenvalue weighted by Crippen LogP contribution is -2.11. The van der Waals surface area contributed by atoms with E-state index in [0.717, 1.165) is 17.4 Å². The Bertz CT molecular complexity index is 1160. The topological polar surface area (TPSA) is 61.1 Å². The first kappa shape index (κ1) is 19.0. The molecule has 2 aromatic carbocycles. The molecule has 0 aliphatic heterocycles. The molecule has 0 spiro atoms. The van der Waals surface area contributed by atoms with Gasteiger partial charge in [0.15, 0.2) is 0 Å². The first-order chi connectivity index (χ1) is 14.1. The van der Waals surface area contributed by atoms with Crippen LogP contribution in [0.5, 0.6) is 0 Å². The molecule has 0 radical (unpaired) electrons. The van der Waals surface area contributed by atoms with Crippen molar-refractivity contribution in [3.05, 3.63) is 83.3 Å². The van der Waals surface area contributed by atoms with Gasteiger partial charge in [-0.05, 0) is 43.2 Å². The number of benzene rings is 2. The summed E-state index contributed by atoms with van der Waals surface area (Å²) >= 11 is 0. The molecule has 4 rings (SSSR count). The van der Waals surface area contributed by atoms with Gasteiger partial charge in [0.2, 0.25) is 0 Å². The smallest absolute Gasteiger partial charge is 0.255 e. The maximum absolute atomic E-state index is 12.7. The maximum Gasteiger partial charge on any atom is 0.255 e. The van der Waals surface area contributed by atoms with Crippen LogP contribution < -0.4 is 5.32 Å². The van der Waals surface area contributed by atoms with Gasteiger partial charge in [-0.1, -0.05) is 30.3 Å². The second kappa shape index (κ2) is 7.93. The van der Waals surface area contributed by atoms with Gasteiger partial charge in [-0.3, -0.25) is 4.79 Å². The van der Waals surface area contributed by atoms with Crippen molar-refractivity contribution < 1.29 is 9.53 Å². The lowest BCUT2D eigenvalue weighted by Gasteiger charge is -2.09. The van der Waals surface area contributed by atoms with Crippen LogP contribution >= 0.6 is 0 Å². The van der Waals surface area contributed by atoms with Crippen molar-refractivity contribution in [3.8, 4) is 0 Å². The van der Waals surface area contributed by atoms with Crippen LogP contribution in [-0.2, 0) is 18.0 Å². The van der Waals surface area contributed by atoms with Gasteiger partial charge in [-0.25, -0.2) is 4.68 Å². The number of amides is 1. The normalized spacial score (nSPS) is 11.1. The van der Waals surface area contributed by atoms with Crippen LogP contribution in [0.1, 0.15) is 27.2 Å². The fourth-order valence-electron chi connectivity index (χ4n) is 3.60. The Balaban J connectivity index is 1.62. The molecule has 29 heavy (non-hydrogen) atoms. The van der Waals surface area contributed by atoms with Crippen LogP contribution in [0.15, 0.2) is 60.9 Å². The zero-order valence-corrected chi connectivity index (χ0v) is 16.8. The Morgan fingerprint density at radius 1 is 1.14 bits per heavy atom. The number of hydrogen-bond acceptors (Lipinski definition) is 3. The van der Waals surface area contributed by atoms with Crippen LogP contribution in [0.4, 0.5) is 5.69 Å². The summed E-state index contributed by atoms with van der Waals surface area (Å²) in [6.07, 6.45) is 3.35. The Kier molecular flexibility index (Phi) is 5.18. The Hall–Kier alpha value is -3.38. The lowest BCUT2D eigenvalue weighted by molar-refractivity contribution is 0.102. The summed E-state index contributed by atoms with van der Waals surface area (Å²) < 4.78 is 8.96. The van der Waals surface area contributed by atoms with Gasteiger partial charge < -0.3 is 14.6 Å². The predicted octanol–water partition coefficient (Wildman–Crippen LogP) is 4.36. The summed E-state index contributed by atoms with van der Waals surface area (Å²) in [6, 6.07) is 16.3. The fourth-order valence-corrected chi connectivity index (χ4v) is 3.60. The van der Waals surface area contributed by atoms with Crippen LogP contribution in [0.2, 0.25) is 0 Å². The molecule has 0 unspecified atom stereocenters. The minimum Gasteiger partial charge on any atom is -0.362 e. The van der Waals surface area contributed by atoms with Gasteiger partial charge in [-0.15, -0.1) is 0 Å². The summed E-state index contributed by atoms with van der Waals surface area (Å²) in [5, 5.41) is 8.14. The molecule has 4 aromatic rings. The number of ether oxygens (including phenoxy) is 1. The van der Waals surface area contributed by atoms with E-state index in [0.29, 0.717) is 18.0 Å². The number of nitrogens with one attached hydrogen (secondary N) is 1. The number of aryl methyl sites for hydroxylation is 1. The number of fused-ring (bicyclic) bond motifs is 1. The number of rotatable bonds is 6. The van der Waals surface area contributed by atoms with Gasteiger partial charge in [0.05, 0.1) is 18.1 Å². The molecule has 0 aliphatic rings. The van der Waals surface area contributed by atoms with E-state index in [1.807, 2.05) is 24.3 Å². The molecule has 2 heterocycles. The Labute approximate surface area is 169 Å². The second-order valence-corrected chi connectivity index (χ2v) is 7.15. The fraction of sp³-hybridized carbons (Fsp3) is 0.217. The highest BCUT2D eigenvalue weighted by molar-refractivity contribution is 6.06. The second-order valence-electron chi connectivity index (χ2n) is 7.15. The van der Waals surface area contributed by atoms with Crippen molar-refractivity contribution in [2.75, 3.05) is 12.4 Å². The molecular weight excluding hydrogens is 364 g/mol. The number of methoxy groups -OCH3 is 1. The van der Waals surface area contributed by atoms with Crippen LogP contribution in [0.25, 0.3) is 10.9 Å². The summed E-state index contributed by atoms with van der Waals surface area (Å²) in [5.41, 5.74) is 6.05. The highest BCUT2D eigenvalue weighted by atomic mass is 16.5. The van der Waals surface area contributed by atoms with E-state index in [2.05, 4.69) is 53.1 Å². The molecular formula is C23H24N4O2. The number of nitrogens with zero attached hydrogens (tertiary/aromatic N) is 3. The third-order valence-electron chi connectivity index (χ3n) is 5.24. The van der Waals surface area contributed by atoms with E-state index in [4.69, 9.17) is 4.74 Å². The van der Waals surface area contributed by atoms with Crippen molar-refractivity contribution in [1.82, 2.24) is 14.3 Å². The van der Waals surface area contributed by atoms with Crippen molar-refractivity contribution in [3.63, 3.8) is 0 Å². The number of anilines is 1. The van der Waals surface area contributed by atoms with E-state index in [1.54, 1.807) is 24.2 Å². The SMILES string of the molecule is COCn1cc(NC(=O)c2ccc3c(c2)c(C)c(C)n3Cc2ccccc2)cn1. The standard InChI is InChI=1S/C23H24N4O2/c1-16-17(2)27(13-18-7-5-4-6-8-18)22-10-9-19(11-21(16)22)23(28)25-20-12-24-26(14-20)15-29-3/h4-12,14H,13,15H2,1-3H3,(H,25,28). The zero-order chi connectivity index (χ0) is 20.4. The molecule has 0 atom stereocenters. The molecule has 148 valence electrons. The number of aromatic nitrogens is 3. The zero-order valence-electron chi connectivity index (χ0n) is 16.8. The average molecular weight is 388 g/mol. The lowest BCUT2D eigenvalue weighted by atomic mass is 10.1. The van der Waals surface area contributed by atoms with E-state index in [-0.39, 0.29) is 5.91 Å². The maximum atomic E-state index is 12.7. The molecule has 2 aromatic heterocycles. The summed E-state index contributed by atoms with van der Waals surface area (Å²) in [6.45, 7) is 5.38. The summed E-state index contributed by atoms with van der Waals surface area (Å²) in [7, 11) is 1.60. The molecule has 0 saturated heterocycles. The van der Waals surface area contributed by atoms with Gasteiger partial charge in [0, 0.05) is 35.8 Å². The predicted molar refractivity (Wildman–Crippen MR) is 114 cm³/mol. The molecule has 0 aliphatic carbocycles. The number of hydrogen-bond donors (Lipinski definition) is 1. The van der Waals surface area contributed by atoms with Crippen LogP contribution in [0, 0.1) is 13.8 Å². The highest BCUT2D eigenvalue weighted by Crippen LogP contribution is 2.27. The molecule has 0 fully saturated rings. The van der Waals surface area contributed by atoms with E-state index in [9.17, 15) is 4.79 Å². The third-order valence-corrected chi connectivity index (χ3v) is 5.24. The molecule has 0 saturated carbocycles. The molecule has 1 N–H and O–H groups in total. The van der Waals surface area contributed by atoms with Gasteiger partial charge in [-0.2, -0.15) is 5.10 Å².